The molecule has 21 heavy (non-hydrogen) atoms. The van der Waals surface area contributed by atoms with Gasteiger partial charge in [-0.3, -0.25) is 4.68 Å². The molecule has 0 fully saturated rings. The highest BCUT2D eigenvalue weighted by Crippen LogP contribution is 2.30. The average molecular weight is 293 g/mol. The van der Waals surface area contributed by atoms with Gasteiger partial charge in [-0.2, -0.15) is 5.10 Å². The van der Waals surface area contributed by atoms with Crippen molar-refractivity contribution in [2.75, 3.05) is 13.7 Å². The molecule has 2 rings (SSSR count). The monoisotopic (exact) mass is 293 g/mol. The summed E-state index contributed by atoms with van der Waals surface area (Å²) in [7, 11) is 3.41. The van der Waals surface area contributed by atoms with E-state index in [9.17, 15) is 9.90 Å². The zero-order valence-corrected chi connectivity index (χ0v) is 12.8. The zero-order valence-electron chi connectivity index (χ0n) is 12.8. The van der Waals surface area contributed by atoms with E-state index in [0.717, 1.165) is 17.0 Å². The third kappa shape index (κ3) is 2.54. The average Bonchev–Trinajstić information content (AvgIpc) is 2.92. The Bertz CT molecular complexity index is 674. The van der Waals surface area contributed by atoms with Crippen LogP contribution in [0, 0.1) is 13.8 Å². The molecular formula is C13H19N5O3. The fourth-order valence-corrected chi connectivity index (χ4v) is 2.41. The number of aryl methyl sites for hydroxylation is 2. The zero-order chi connectivity index (χ0) is 15.7. The summed E-state index contributed by atoms with van der Waals surface area (Å²) in [4.78, 5) is 11.4. The first-order valence-electron chi connectivity index (χ1n) is 6.56. The normalized spacial score (nSPS) is 12.6. The molecular weight excluding hydrogens is 274 g/mol. The van der Waals surface area contributed by atoms with Gasteiger partial charge in [0.1, 0.15) is 5.69 Å². The minimum absolute atomic E-state index is 0.0721. The molecule has 1 atom stereocenters. The molecule has 0 radical (unpaired) electrons. The fraction of sp³-hybridized carbons (Fsp3) is 0.538. The lowest BCUT2D eigenvalue weighted by atomic mass is 10.1. The standard InChI is InChI=1S/C13H19N5O3/c1-7(6-21-5)18-12(11(13(19)20)14-16-18)10-8(2)15-17(4)9(10)3/h7H,6H2,1-5H3,(H,19,20). The second kappa shape index (κ2) is 5.65. The number of ether oxygens (including phenoxy) is 1. The number of hydrogen-bond acceptors (Lipinski definition) is 5. The number of aromatic nitrogens is 5. The summed E-state index contributed by atoms with van der Waals surface area (Å²) >= 11 is 0. The molecule has 8 heteroatoms. The molecule has 0 saturated carbocycles. The van der Waals surface area contributed by atoms with E-state index in [-0.39, 0.29) is 11.7 Å². The maximum atomic E-state index is 11.4. The van der Waals surface area contributed by atoms with Crippen molar-refractivity contribution in [3.05, 3.63) is 17.1 Å². The second-order valence-corrected chi connectivity index (χ2v) is 5.01. The first-order chi connectivity index (χ1) is 9.88. The minimum atomic E-state index is -1.11. The van der Waals surface area contributed by atoms with Gasteiger partial charge in [0.15, 0.2) is 5.69 Å². The van der Waals surface area contributed by atoms with Crippen LogP contribution in [0.2, 0.25) is 0 Å². The van der Waals surface area contributed by atoms with Crippen molar-refractivity contribution in [1.82, 2.24) is 24.8 Å². The molecule has 0 spiro atoms. The van der Waals surface area contributed by atoms with Gasteiger partial charge in [0.2, 0.25) is 0 Å². The number of carboxylic acids is 1. The van der Waals surface area contributed by atoms with Gasteiger partial charge in [-0.05, 0) is 20.8 Å². The van der Waals surface area contributed by atoms with Gasteiger partial charge in [0, 0.05) is 25.4 Å². The molecule has 0 saturated heterocycles. The lowest BCUT2D eigenvalue weighted by Crippen LogP contribution is -2.15. The molecule has 2 aromatic rings. The molecule has 0 aliphatic heterocycles. The maximum Gasteiger partial charge on any atom is 0.358 e. The summed E-state index contributed by atoms with van der Waals surface area (Å²) in [6, 6.07) is -0.135. The van der Waals surface area contributed by atoms with Crippen LogP contribution >= 0.6 is 0 Å². The predicted molar refractivity (Wildman–Crippen MR) is 75.2 cm³/mol. The van der Waals surface area contributed by atoms with Gasteiger partial charge in [-0.1, -0.05) is 5.21 Å². The summed E-state index contributed by atoms with van der Waals surface area (Å²) in [5.41, 5.74) is 2.75. The van der Waals surface area contributed by atoms with Crippen LogP contribution in [0.25, 0.3) is 11.3 Å². The first kappa shape index (κ1) is 15.2. The largest absolute Gasteiger partial charge is 0.476 e. The summed E-state index contributed by atoms with van der Waals surface area (Å²) in [6.45, 7) is 6.04. The van der Waals surface area contributed by atoms with Crippen LogP contribution in [0.15, 0.2) is 0 Å². The van der Waals surface area contributed by atoms with Gasteiger partial charge in [-0.25, -0.2) is 9.48 Å². The van der Waals surface area contributed by atoms with Crippen molar-refractivity contribution in [2.45, 2.75) is 26.8 Å². The molecule has 1 unspecified atom stereocenters. The van der Waals surface area contributed by atoms with Crippen molar-refractivity contribution in [2.24, 2.45) is 7.05 Å². The molecule has 0 amide bonds. The Morgan fingerprint density at radius 1 is 1.43 bits per heavy atom. The van der Waals surface area contributed by atoms with Crippen LogP contribution in [0.4, 0.5) is 0 Å². The number of methoxy groups -OCH3 is 1. The summed E-state index contributed by atoms with van der Waals surface area (Å²) in [6.07, 6.45) is 0. The van der Waals surface area contributed by atoms with Crippen LogP contribution in [0.3, 0.4) is 0 Å². The molecule has 0 aliphatic rings. The Morgan fingerprint density at radius 2 is 2.10 bits per heavy atom. The van der Waals surface area contributed by atoms with Crippen LogP contribution in [-0.4, -0.2) is 49.6 Å². The fourth-order valence-electron chi connectivity index (χ4n) is 2.41. The molecule has 2 heterocycles. The molecule has 0 aliphatic carbocycles. The minimum Gasteiger partial charge on any atom is -0.476 e. The van der Waals surface area contributed by atoms with E-state index in [0.29, 0.717) is 12.3 Å². The van der Waals surface area contributed by atoms with Crippen molar-refractivity contribution in [3.63, 3.8) is 0 Å². The molecule has 1 N–H and O–H groups in total. The van der Waals surface area contributed by atoms with Crippen LogP contribution in [0.5, 0.6) is 0 Å². The SMILES string of the molecule is COCC(C)n1nnc(C(=O)O)c1-c1c(C)nn(C)c1C. The first-order valence-corrected chi connectivity index (χ1v) is 6.56. The van der Waals surface area contributed by atoms with E-state index >= 15 is 0 Å². The molecule has 0 bridgehead atoms. The van der Waals surface area contributed by atoms with E-state index < -0.39 is 5.97 Å². The molecule has 2 aromatic heterocycles. The summed E-state index contributed by atoms with van der Waals surface area (Å²) < 4.78 is 8.43. The van der Waals surface area contributed by atoms with Crippen LogP contribution < -0.4 is 0 Å². The number of rotatable bonds is 5. The van der Waals surface area contributed by atoms with E-state index in [2.05, 4.69) is 15.4 Å². The van der Waals surface area contributed by atoms with Gasteiger partial charge in [0.25, 0.3) is 0 Å². The number of hydrogen-bond donors (Lipinski definition) is 1. The van der Waals surface area contributed by atoms with Gasteiger partial charge < -0.3 is 9.84 Å². The quantitative estimate of drug-likeness (QED) is 0.890. The van der Waals surface area contributed by atoms with Crippen LogP contribution in [-0.2, 0) is 11.8 Å². The van der Waals surface area contributed by atoms with Gasteiger partial charge >= 0.3 is 5.97 Å². The Labute approximate surface area is 122 Å². The lowest BCUT2D eigenvalue weighted by Gasteiger charge is -2.14. The Morgan fingerprint density at radius 3 is 2.57 bits per heavy atom. The molecule has 0 aromatic carbocycles. The smallest absolute Gasteiger partial charge is 0.358 e. The highest BCUT2D eigenvalue weighted by Gasteiger charge is 2.27. The van der Waals surface area contributed by atoms with E-state index in [1.165, 1.54) is 0 Å². The predicted octanol–water partition coefficient (Wildman–Crippen LogP) is 1.20. The summed E-state index contributed by atoms with van der Waals surface area (Å²) in [5.74, 6) is -1.11. The number of aromatic carboxylic acids is 1. The number of carboxylic acid groups (broad SMARTS) is 1. The summed E-state index contributed by atoms with van der Waals surface area (Å²) in [5, 5.41) is 21.5. The Hall–Kier alpha value is -2.22. The third-order valence-electron chi connectivity index (χ3n) is 3.47. The molecule has 8 nitrogen and oxygen atoms in total. The van der Waals surface area contributed by atoms with Crippen molar-refractivity contribution in [3.8, 4) is 11.3 Å². The van der Waals surface area contributed by atoms with E-state index in [1.54, 1.807) is 16.5 Å². The third-order valence-corrected chi connectivity index (χ3v) is 3.47. The van der Waals surface area contributed by atoms with Crippen molar-refractivity contribution in [1.29, 1.82) is 0 Å². The van der Waals surface area contributed by atoms with Gasteiger partial charge in [-0.15, -0.1) is 5.10 Å². The molecule has 114 valence electrons. The second-order valence-electron chi connectivity index (χ2n) is 5.01. The lowest BCUT2D eigenvalue weighted by molar-refractivity contribution is 0.0691. The highest BCUT2D eigenvalue weighted by atomic mass is 16.5. The maximum absolute atomic E-state index is 11.4. The van der Waals surface area contributed by atoms with Crippen molar-refractivity contribution < 1.29 is 14.6 Å². The topological polar surface area (TPSA) is 95.1 Å². The van der Waals surface area contributed by atoms with Crippen LogP contribution in [0.1, 0.15) is 34.8 Å². The highest BCUT2D eigenvalue weighted by molar-refractivity contribution is 5.93. The van der Waals surface area contributed by atoms with Gasteiger partial charge in [0.05, 0.1) is 18.3 Å². The Balaban J connectivity index is 2.70. The Kier molecular flexibility index (Phi) is 4.08. The number of carbonyl (C=O) groups is 1. The van der Waals surface area contributed by atoms with E-state index in [4.69, 9.17) is 4.74 Å². The number of nitrogens with zero attached hydrogens (tertiary/aromatic N) is 5. The van der Waals surface area contributed by atoms with E-state index in [1.807, 2.05) is 27.8 Å². The van der Waals surface area contributed by atoms with Crippen molar-refractivity contribution >= 4 is 5.97 Å².